The number of carbonyl (C=O) groups excluding carboxylic acids is 1. The van der Waals surface area contributed by atoms with Crippen molar-refractivity contribution in [2.75, 3.05) is 38.2 Å². The van der Waals surface area contributed by atoms with Gasteiger partial charge in [-0.25, -0.2) is 9.37 Å². The second-order valence-electron chi connectivity index (χ2n) is 5.33. The van der Waals surface area contributed by atoms with Gasteiger partial charge >= 0.3 is 0 Å². The minimum Gasteiger partial charge on any atom is -0.378 e. The predicted octanol–water partition coefficient (Wildman–Crippen LogP) is 0.847. The van der Waals surface area contributed by atoms with Crippen molar-refractivity contribution in [3.05, 3.63) is 46.5 Å². The van der Waals surface area contributed by atoms with Crippen molar-refractivity contribution in [1.29, 1.82) is 0 Å². The zero-order chi connectivity index (χ0) is 16.9. The Balaban J connectivity index is 1.70. The van der Waals surface area contributed by atoms with E-state index in [2.05, 4.69) is 15.3 Å². The number of H-pyrrole nitrogens is 1. The maximum atomic E-state index is 13.0. The molecular formula is C16H17FN4O3. The number of anilines is 1. The minimum atomic E-state index is -0.363. The first-order chi connectivity index (χ1) is 11.6. The average molecular weight is 332 g/mol. The van der Waals surface area contributed by atoms with E-state index in [0.29, 0.717) is 37.6 Å². The normalized spacial score (nSPS) is 14.5. The van der Waals surface area contributed by atoms with E-state index in [4.69, 9.17) is 4.74 Å². The SMILES string of the molecule is O=C(CNc1nc(-c2ccc(F)cc2)cc(=O)[nH]1)N1CCOCC1. The van der Waals surface area contributed by atoms with E-state index in [0.717, 1.165) is 0 Å². The molecule has 1 amide bonds. The van der Waals surface area contributed by atoms with Crippen LogP contribution in [0.5, 0.6) is 0 Å². The lowest BCUT2D eigenvalue weighted by atomic mass is 10.1. The van der Waals surface area contributed by atoms with Gasteiger partial charge in [0.1, 0.15) is 5.82 Å². The molecule has 2 heterocycles. The number of morpholine rings is 1. The molecule has 24 heavy (non-hydrogen) atoms. The van der Waals surface area contributed by atoms with Gasteiger partial charge in [0.2, 0.25) is 11.9 Å². The number of hydrogen-bond acceptors (Lipinski definition) is 5. The molecule has 1 aromatic carbocycles. The Hall–Kier alpha value is -2.74. The van der Waals surface area contributed by atoms with Crippen LogP contribution in [-0.4, -0.2) is 53.6 Å². The van der Waals surface area contributed by atoms with Gasteiger partial charge in [0.05, 0.1) is 25.5 Å². The van der Waals surface area contributed by atoms with Gasteiger partial charge in [-0.15, -0.1) is 0 Å². The predicted molar refractivity (Wildman–Crippen MR) is 86.1 cm³/mol. The molecule has 3 rings (SSSR count). The van der Waals surface area contributed by atoms with Crippen LogP contribution in [0.1, 0.15) is 0 Å². The molecule has 1 aliphatic heterocycles. The zero-order valence-corrected chi connectivity index (χ0v) is 12.9. The quantitative estimate of drug-likeness (QED) is 0.867. The lowest BCUT2D eigenvalue weighted by Gasteiger charge is -2.26. The molecule has 0 aliphatic carbocycles. The van der Waals surface area contributed by atoms with Crippen LogP contribution in [-0.2, 0) is 9.53 Å². The van der Waals surface area contributed by atoms with Crippen LogP contribution in [0.25, 0.3) is 11.3 Å². The van der Waals surface area contributed by atoms with Gasteiger partial charge in [-0.1, -0.05) is 0 Å². The third-order valence-corrected chi connectivity index (χ3v) is 3.65. The molecular weight excluding hydrogens is 315 g/mol. The Kier molecular flexibility index (Phi) is 4.85. The number of benzene rings is 1. The van der Waals surface area contributed by atoms with Gasteiger partial charge in [-0.3, -0.25) is 14.6 Å². The van der Waals surface area contributed by atoms with Crippen molar-refractivity contribution in [3.63, 3.8) is 0 Å². The summed E-state index contributed by atoms with van der Waals surface area (Å²) < 4.78 is 18.2. The summed E-state index contributed by atoms with van der Waals surface area (Å²) in [7, 11) is 0. The number of carbonyl (C=O) groups is 1. The lowest BCUT2D eigenvalue weighted by molar-refractivity contribution is -0.133. The highest BCUT2D eigenvalue weighted by Crippen LogP contribution is 2.16. The summed E-state index contributed by atoms with van der Waals surface area (Å²) in [6.45, 7) is 2.19. The third kappa shape index (κ3) is 3.96. The molecule has 1 aromatic heterocycles. The van der Waals surface area contributed by atoms with E-state index in [1.807, 2.05) is 0 Å². The highest BCUT2D eigenvalue weighted by molar-refractivity contribution is 5.80. The zero-order valence-electron chi connectivity index (χ0n) is 12.9. The van der Waals surface area contributed by atoms with E-state index in [-0.39, 0.29) is 29.8 Å². The number of amides is 1. The molecule has 1 fully saturated rings. The Morgan fingerprint density at radius 2 is 2.00 bits per heavy atom. The van der Waals surface area contributed by atoms with Gasteiger partial charge in [0, 0.05) is 24.7 Å². The summed E-state index contributed by atoms with van der Waals surface area (Å²) in [5.41, 5.74) is 0.663. The van der Waals surface area contributed by atoms with E-state index >= 15 is 0 Å². The number of rotatable bonds is 4. The number of aromatic amines is 1. The van der Waals surface area contributed by atoms with E-state index in [1.165, 1.54) is 18.2 Å². The molecule has 0 atom stereocenters. The molecule has 126 valence electrons. The largest absolute Gasteiger partial charge is 0.378 e. The van der Waals surface area contributed by atoms with Gasteiger partial charge in [0.25, 0.3) is 5.56 Å². The average Bonchev–Trinajstić information content (AvgIpc) is 2.60. The van der Waals surface area contributed by atoms with Gasteiger partial charge < -0.3 is 15.0 Å². The fourth-order valence-electron chi connectivity index (χ4n) is 2.39. The van der Waals surface area contributed by atoms with Crippen molar-refractivity contribution in [3.8, 4) is 11.3 Å². The molecule has 0 bridgehead atoms. The summed E-state index contributed by atoms with van der Waals surface area (Å²) in [6.07, 6.45) is 0. The molecule has 1 saturated heterocycles. The Morgan fingerprint density at radius 3 is 2.71 bits per heavy atom. The van der Waals surface area contributed by atoms with Gasteiger partial charge in [-0.2, -0.15) is 0 Å². The Morgan fingerprint density at radius 1 is 1.29 bits per heavy atom. The van der Waals surface area contributed by atoms with E-state index in [9.17, 15) is 14.0 Å². The van der Waals surface area contributed by atoms with Crippen molar-refractivity contribution in [1.82, 2.24) is 14.9 Å². The number of nitrogens with zero attached hydrogens (tertiary/aromatic N) is 2. The molecule has 8 heteroatoms. The standard InChI is InChI=1S/C16H17FN4O3/c17-12-3-1-11(2-4-12)13-9-14(22)20-16(19-13)18-10-15(23)21-5-7-24-8-6-21/h1-4,9H,5-8,10H2,(H2,18,19,20,22). The topological polar surface area (TPSA) is 87.3 Å². The smallest absolute Gasteiger partial charge is 0.252 e. The summed E-state index contributed by atoms with van der Waals surface area (Å²) in [5.74, 6) is -0.255. The summed E-state index contributed by atoms with van der Waals surface area (Å²) in [5, 5.41) is 2.83. The summed E-state index contributed by atoms with van der Waals surface area (Å²) in [6, 6.07) is 7.00. The number of halogens is 1. The van der Waals surface area contributed by atoms with Crippen molar-refractivity contribution >= 4 is 11.9 Å². The Labute approximate surface area is 137 Å². The van der Waals surface area contributed by atoms with Crippen molar-refractivity contribution < 1.29 is 13.9 Å². The Bertz CT molecular complexity index is 770. The minimum absolute atomic E-state index is 0.0236. The van der Waals surface area contributed by atoms with Crippen LogP contribution >= 0.6 is 0 Å². The van der Waals surface area contributed by atoms with Crippen LogP contribution in [0.15, 0.2) is 35.1 Å². The third-order valence-electron chi connectivity index (χ3n) is 3.65. The number of nitrogens with one attached hydrogen (secondary N) is 2. The molecule has 2 aromatic rings. The fourth-order valence-corrected chi connectivity index (χ4v) is 2.39. The van der Waals surface area contributed by atoms with Gasteiger partial charge in [-0.05, 0) is 24.3 Å². The van der Waals surface area contributed by atoms with Crippen LogP contribution in [0, 0.1) is 5.82 Å². The highest BCUT2D eigenvalue weighted by atomic mass is 19.1. The fraction of sp³-hybridized carbons (Fsp3) is 0.312. The van der Waals surface area contributed by atoms with Crippen LogP contribution in [0.2, 0.25) is 0 Å². The summed E-state index contributed by atoms with van der Waals surface area (Å²) in [4.78, 5) is 32.4. The second-order valence-corrected chi connectivity index (χ2v) is 5.33. The molecule has 0 saturated carbocycles. The summed E-state index contributed by atoms with van der Waals surface area (Å²) >= 11 is 0. The first-order valence-electron chi connectivity index (χ1n) is 7.58. The molecule has 1 aliphatic rings. The molecule has 0 radical (unpaired) electrons. The molecule has 2 N–H and O–H groups in total. The van der Waals surface area contributed by atoms with Crippen molar-refractivity contribution in [2.45, 2.75) is 0 Å². The number of ether oxygens (including phenoxy) is 1. The van der Waals surface area contributed by atoms with Crippen LogP contribution < -0.4 is 10.9 Å². The highest BCUT2D eigenvalue weighted by Gasteiger charge is 2.16. The second kappa shape index (κ2) is 7.22. The molecule has 7 nitrogen and oxygen atoms in total. The monoisotopic (exact) mass is 332 g/mol. The first kappa shape index (κ1) is 16.1. The lowest BCUT2D eigenvalue weighted by Crippen LogP contribution is -2.43. The van der Waals surface area contributed by atoms with Crippen LogP contribution in [0.4, 0.5) is 10.3 Å². The van der Waals surface area contributed by atoms with E-state index < -0.39 is 0 Å². The maximum absolute atomic E-state index is 13.0. The van der Waals surface area contributed by atoms with Gasteiger partial charge in [0.15, 0.2) is 0 Å². The molecule has 0 unspecified atom stereocenters. The van der Waals surface area contributed by atoms with Crippen molar-refractivity contribution in [2.24, 2.45) is 0 Å². The first-order valence-corrected chi connectivity index (χ1v) is 7.58. The van der Waals surface area contributed by atoms with E-state index in [1.54, 1.807) is 17.0 Å². The maximum Gasteiger partial charge on any atom is 0.252 e. The molecule has 0 spiro atoms. The number of aromatic nitrogens is 2. The van der Waals surface area contributed by atoms with Crippen LogP contribution in [0.3, 0.4) is 0 Å². The number of hydrogen-bond donors (Lipinski definition) is 2.